The van der Waals surface area contributed by atoms with Crippen LogP contribution in [0.1, 0.15) is 38.3 Å². The van der Waals surface area contributed by atoms with Gasteiger partial charge in [0.1, 0.15) is 0 Å². The summed E-state index contributed by atoms with van der Waals surface area (Å²) in [5.41, 5.74) is 4.97. The molecule has 1 amide bonds. The number of carbonyl (C=O) groups is 1. The van der Waals surface area contributed by atoms with Crippen LogP contribution in [0.2, 0.25) is 5.02 Å². The van der Waals surface area contributed by atoms with E-state index in [0.29, 0.717) is 28.2 Å². The number of fused-ring (bicyclic) bond motifs is 1. The lowest BCUT2D eigenvalue weighted by atomic mass is 9.88. The first kappa shape index (κ1) is 24.6. The van der Waals surface area contributed by atoms with Gasteiger partial charge in [0, 0.05) is 43.6 Å². The number of methoxy groups -OCH3 is 1. The number of benzene rings is 2. The van der Waals surface area contributed by atoms with Crippen LogP contribution in [-0.2, 0) is 9.53 Å². The number of carbonyl (C=O) groups excluding carboxylic acids is 1. The summed E-state index contributed by atoms with van der Waals surface area (Å²) in [5, 5.41) is 1.29. The van der Waals surface area contributed by atoms with Crippen molar-refractivity contribution in [3.05, 3.63) is 69.6 Å². The molecule has 0 atom stereocenters. The topological polar surface area (TPSA) is 45.1 Å². The van der Waals surface area contributed by atoms with Crippen LogP contribution in [0.3, 0.4) is 0 Å². The average molecular weight is 496 g/mol. The zero-order valence-electron chi connectivity index (χ0n) is 20.3. The number of para-hydroxylation sites is 1. The van der Waals surface area contributed by atoms with Crippen LogP contribution >= 0.6 is 23.4 Å². The number of ether oxygens (including phenoxy) is 1. The number of aliphatic imine (C=N–C) groups is 1. The summed E-state index contributed by atoms with van der Waals surface area (Å²) >= 11 is 8.11. The number of rotatable bonds is 6. The summed E-state index contributed by atoms with van der Waals surface area (Å²) in [4.78, 5) is 22.7. The minimum Gasteiger partial charge on any atom is -0.385 e. The minimum absolute atomic E-state index is 0.0601. The maximum absolute atomic E-state index is 13.4. The Kier molecular flexibility index (Phi) is 7.22. The third-order valence-electron chi connectivity index (χ3n) is 6.22. The molecule has 0 N–H and O–H groups in total. The molecule has 5 nitrogen and oxygen atoms in total. The number of thioether (sulfide) groups is 1. The molecule has 0 aliphatic carbocycles. The molecule has 0 radical (unpaired) electrons. The van der Waals surface area contributed by atoms with Crippen molar-refractivity contribution in [2.24, 2.45) is 4.99 Å². The van der Waals surface area contributed by atoms with Crippen LogP contribution < -0.4 is 4.90 Å². The lowest BCUT2D eigenvalue weighted by molar-refractivity contribution is -0.122. The molecule has 2 aliphatic heterocycles. The normalized spacial score (nSPS) is 19.7. The van der Waals surface area contributed by atoms with Crippen LogP contribution in [0, 0.1) is 0 Å². The molecule has 1 saturated heterocycles. The van der Waals surface area contributed by atoms with Crippen molar-refractivity contribution in [3.63, 3.8) is 0 Å². The second-order valence-electron chi connectivity index (χ2n) is 9.07. The SMILES string of the molecule is COCCCN1C(=O)/C(=C\c2cc3c(cc2Cl)N(C)C(C)(C)C=C3C)SC1=Nc1ccccc1. The predicted molar refractivity (Wildman–Crippen MR) is 145 cm³/mol. The molecular weight excluding hydrogens is 466 g/mol. The van der Waals surface area contributed by atoms with Gasteiger partial charge < -0.3 is 9.64 Å². The Balaban J connectivity index is 1.71. The molecule has 2 heterocycles. The van der Waals surface area contributed by atoms with Gasteiger partial charge in [-0.05, 0) is 80.4 Å². The van der Waals surface area contributed by atoms with Gasteiger partial charge in [-0.1, -0.05) is 35.9 Å². The van der Waals surface area contributed by atoms with E-state index in [0.717, 1.165) is 28.9 Å². The van der Waals surface area contributed by atoms with Gasteiger partial charge in [0.15, 0.2) is 5.17 Å². The fourth-order valence-electron chi connectivity index (χ4n) is 4.21. The van der Waals surface area contributed by atoms with Crippen LogP contribution in [-0.4, -0.2) is 48.8 Å². The van der Waals surface area contributed by atoms with Crippen LogP contribution in [0.25, 0.3) is 11.6 Å². The number of halogens is 1. The van der Waals surface area contributed by atoms with Gasteiger partial charge in [0.25, 0.3) is 5.91 Å². The minimum atomic E-state index is -0.0941. The Morgan fingerprint density at radius 2 is 1.94 bits per heavy atom. The fraction of sp³-hybridized carbons (Fsp3) is 0.333. The van der Waals surface area contributed by atoms with E-state index in [4.69, 9.17) is 21.3 Å². The molecular formula is C27H30ClN3O2S. The van der Waals surface area contributed by atoms with Crippen molar-refractivity contribution in [1.82, 2.24) is 4.90 Å². The molecule has 178 valence electrons. The summed E-state index contributed by atoms with van der Waals surface area (Å²) in [6.07, 6.45) is 4.88. The first-order valence-corrected chi connectivity index (χ1v) is 12.5. The summed E-state index contributed by atoms with van der Waals surface area (Å²) in [6.45, 7) is 7.61. The third-order valence-corrected chi connectivity index (χ3v) is 7.56. The lowest BCUT2D eigenvalue weighted by Gasteiger charge is -2.40. The van der Waals surface area contributed by atoms with E-state index in [1.54, 1.807) is 12.0 Å². The number of amidine groups is 1. The molecule has 34 heavy (non-hydrogen) atoms. The van der Waals surface area contributed by atoms with Gasteiger partial charge in [0.2, 0.25) is 0 Å². The summed E-state index contributed by atoms with van der Waals surface area (Å²) < 4.78 is 5.19. The van der Waals surface area contributed by atoms with Gasteiger partial charge in [-0.15, -0.1) is 0 Å². The quantitative estimate of drug-likeness (QED) is 0.334. The zero-order valence-corrected chi connectivity index (χ0v) is 21.8. The number of anilines is 1. The highest BCUT2D eigenvalue weighted by Gasteiger charge is 2.34. The van der Waals surface area contributed by atoms with Gasteiger partial charge in [-0.2, -0.15) is 0 Å². The van der Waals surface area contributed by atoms with E-state index in [1.807, 2.05) is 42.5 Å². The molecule has 0 spiro atoms. The highest BCUT2D eigenvalue weighted by molar-refractivity contribution is 8.18. The molecule has 0 bridgehead atoms. The largest absolute Gasteiger partial charge is 0.385 e. The van der Waals surface area contributed by atoms with Gasteiger partial charge in [-0.3, -0.25) is 9.69 Å². The first-order chi connectivity index (χ1) is 16.2. The average Bonchev–Trinajstić information content (AvgIpc) is 3.08. The molecule has 2 aliphatic rings. The van der Waals surface area contributed by atoms with E-state index >= 15 is 0 Å². The van der Waals surface area contributed by atoms with Crippen molar-refractivity contribution in [2.45, 2.75) is 32.7 Å². The van der Waals surface area contributed by atoms with Crippen molar-refractivity contribution in [1.29, 1.82) is 0 Å². The summed E-state index contributed by atoms with van der Waals surface area (Å²) in [6, 6.07) is 13.8. The fourth-order valence-corrected chi connectivity index (χ4v) is 5.44. The van der Waals surface area contributed by atoms with Crippen LogP contribution in [0.5, 0.6) is 0 Å². The molecule has 4 rings (SSSR count). The number of amides is 1. The highest BCUT2D eigenvalue weighted by Crippen LogP contribution is 2.42. The number of hydrogen-bond acceptors (Lipinski definition) is 5. The zero-order chi connectivity index (χ0) is 24.5. The van der Waals surface area contributed by atoms with E-state index in [-0.39, 0.29) is 11.4 Å². The molecule has 2 aromatic rings. The molecule has 0 unspecified atom stereocenters. The Hall–Kier alpha value is -2.54. The highest BCUT2D eigenvalue weighted by atomic mass is 35.5. The Morgan fingerprint density at radius 1 is 1.21 bits per heavy atom. The standard InChI is InChI=1S/C27H30ClN3O2S/c1-18-17-27(2,3)30(4)23-16-22(28)19(14-21(18)23)15-24-25(32)31(12-9-13-33-5)26(34-24)29-20-10-7-6-8-11-20/h6-8,10-11,14-17H,9,12-13H2,1-5H3/b24-15+,29-26?. The van der Waals surface area contributed by atoms with Crippen LogP contribution in [0.4, 0.5) is 11.4 Å². The van der Waals surface area contributed by atoms with Gasteiger partial charge in [0.05, 0.1) is 16.1 Å². The van der Waals surface area contributed by atoms with E-state index in [2.05, 4.69) is 44.9 Å². The lowest BCUT2D eigenvalue weighted by Crippen LogP contribution is -2.42. The second-order valence-corrected chi connectivity index (χ2v) is 10.5. The second kappa shape index (κ2) is 9.98. The van der Waals surface area contributed by atoms with Crippen molar-refractivity contribution >= 4 is 57.5 Å². The molecule has 0 saturated carbocycles. The van der Waals surface area contributed by atoms with Gasteiger partial charge in [-0.25, -0.2) is 4.99 Å². The predicted octanol–water partition coefficient (Wildman–Crippen LogP) is 6.61. The Labute approximate surface area is 211 Å². The number of likely N-dealkylation sites (N-methyl/N-ethyl adjacent to an activating group) is 1. The number of hydrogen-bond donors (Lipinski definition) is 0. The van der Waals surface area contributed by atoms with E-state index in [9.17, 15) is 4.79 Å². The maximum atomic E-state index is 13.4. The summed E-state index contributed by atoms with van der Waals surface area (Å²) in [7, 11) is 3.74. The molecule has 7 heteroatoms. The maximum Gasteiger partial charge on any atom is 0.266 e. The van der Waals surface area contributed by atoms with E-state index < -0.39 is 0 Å². The monoisotopic (exact) mass is 495 g/mol. The van der Waals surface area contributed by atoms with Crippen molar-refractivity contribution in [3.8, 4) is 0 Å². The van der Waals surface area contributed by atoms with Crippen LogP contribution in [0.15, 0.2) is 58.4 Å². The van der Waals surface area contributed by atoms with Crippen molar-refractivity contribution < 1.29 is 9.53 Å². The third kappa shape index (κ3) is 4.95. The molecule has 0 aromatic heterocycles. The molecule has 1 fully saturated rings. The smallest absolute Gasteiger partial charge is 0.266 e. The van der Waals surface area contributed by atoms with Crippen molar-refractivity contribution in [2.75, 3.05) is 32.2 Å². The summed E-state index contributed by atoms with van der Waals surface area (Å²) in [5.74, 6) is -0.0601. The Morgan fingerprint density at radius 3 is 2.65 bits per heavy atom. The Bertz CT molecular complexity index is 1190. The number of nitrogens with zero attached hydrogens (tertiary/aromatic N) is 3. The molecule has 2 aromatic carbocycles. The van der Waals surface area contributed by atoms with E-state index in [1.165, 1.54) is 17.3 Å². The number of allylic oxidation sites excluding steroid dienone is 1. The first-order valence-electron chi connectivity index (χ1n) is 11.3. The van der Waals surface area contributed by atoms with Gasteiger partial charge >= 0.3 is 0 Å².